The molecule has 0 spiro atoms. The highest BCUT2D eigenvalue weighted by molar-refractivity contribution is 7.89. The summed E-state index contributed by atoms with van der Waals surface area (Å²) in [5.74, 6) is -0.0982. The van der Waals surface area contributed by atoms with E-state index in [0.717, 1.165) is 45.2 Å². The molecule has 1 aromatic rings. The molecule has 2 atom stereocenters. The lowest BCUT2D eigenvalue weighted by Crippen LogP contribution is -2.42. The standard InChI is InChI=1S/C16H23N3O3S2.ClH/c20-16(19-12-3-4-13(19)11-17-7-5-12)15-14(6-10-23-15)24(21,22)18-8-1-2-9-18;/h6,10,12-13,17H,1-5,7-9,11H2;1H. The molecule has 3 fully saturated rings. The number of sulfonamides is 1. The van der Waals surface area contributed by atoms with Crippen LogP contribution in [-0.4, -0.2) is 61.8 Å². The normalized spacial score (nSPS) is 27.1. The zero-order valence-corrected chi connectivity index (χ0v) is 16.5. The highest BCUT2D eigenvalue weighted by atomic mass is 35.5. The zero-order chi connectivity index (χ0) is 16.7. The molecular formula is C16H24ClN3O3S2. The van der Waals surface area contributed by atoms with Crippen LogP contribution in [0.15, 0.2) is 16.3 Å². The van der Waals surface area contributed by atoms with Crippen LogP contribution in [0.3, 0.4) is 0 Å². The van der Waals surface area contributed by atoms with Crippen molar-refractivity contribution in [2.24, 2.45) is 0 Å². The van der Waals surface area contributed by atoms with Gasteiger partial charge in [0, 0.05) is 31.7 Å². The predicted molar refractivity (Wildman–Crippen MR) is 100 cm³/mol. The quantitative estimate of drug-likeness (QED) is 0.834. The zero-order valence-electron chi connectivity index (χ0n) is 14.0. The molecule has 6 nitrogen and oxygen atoms in total. The van der Waals surface area contributed by atoms with Crippen molar-refractivity contribution >= 4 is 39.7 Å². The molecule has 0 aromatic carbocycles. The molecule has 1 aromatic heterocycles. The number of amides is 1. The van der Waals surface area contributed by atoms with Gasteiger partial charge in [-0.2, -0.15) is 4.31 Å². The molecular weight excluding hydrogens is 382 g/mol. The topological polar surface area (TPSA) is 69.7 Å². The van der Waals surface area contributed by atoms with Crippen LogP contribution in [0.2, 0.25) is 0 Å². The number of carbonyl (C=O) groups excluding carboxylic acids is 1. The molecule has 0 saturated carbocycles. The second kappa shape index (κ2) is 7.52. The third-order valence-corrected chi connectivity index (χ3v) is 8.37. The van der Waals surface area contributed by atoms with Crippen molar-refractivity contribution in [2.45, 2.75) is 49.1 Å². The Hall–Kier alpha value is -0.670. The molecule has 1 N–H and O–H groups in total. The molecule has 2 unspecified atom stereocenters. The molecule has 3 saturated heterocycles. The number of rotatable bonds is 3. The van der Waals surface area contributed by atoms with Crippen LogP contribution in [0.5, 0.6) is 0 Å². The van der Waals surface area contributed by atoms with Crippen molar-refractivity contribution in [1.82, 2.24) is 14.5 Å². The van der Waals surface area contributed by atoms with Gasteiger partial charge in [0.1, 0.15) is 9.77 Å². The number of hydrogen-bond donors (Lipinski definition) is 1. The maximum Gasteiger partial charge on any atom is 0.265 e. The first-order valence-electron chi connectivity index (χ1n) is 8.70. The van der Waals surface area contributed by atoms with E-state index in [0.29, 0.717) is 18.0 Å². The van der Waals surface area contributed by atoms with E-state index in [1.807, 2.05) is 4.90 Å². The summed E-state index contributed by atoms with van der Waals surface area (Å²) >= 11 is 1.26. The van der Waals surface area contributed by atoms with Gasteiger partial charge in [0.25, 0.3) is 5.91 Å². The minimum atomic E-state index is -3.55. The maximum atomic E-state index is 13.2. The van der Waals surface area contributed by atoms with E-state index >= 15 is 0 Å². The second-order valence-electron chi connectivity index (χ2n) is 6.82. The van der Waals surface area contributed by atoms with Gasteiger partial charge in [-0.15, -0.1) is 23.7 Å². The van der Waals surface area contributed by atoms with E-state index in [-0.39, 0.29) is 35.3 Å². The molecule has 3 aliphatic rings. The van der Waals surface area contributed by atoms with Gasteiger partial charge in [-0.25, -0.2) is 8.42 Å². The van der Waals surface area contributed by atoms with E-state index in [1.165, 1.54) is 15.6 Å². The smallest absolute Gasteiger partial charge is 0.265 e. The van der Waals surface area contributed by atoms with Crippen molar-refractivity contribution in [3.8, 4) is 0 Å². The molecule has 0 radical (unpaired) electrons. The Kier molecular flexibility index (Phi) is 5.75. The number of nitrogens with one attached hydrogen (secondary N) is 1. The first kappa shape index (κ1) is 19.1. The van der Waals surface area contributed by atoms with Crippen LogP contribution >= 0.6 is 23.7 Å². The average molecular weight is 406 g/mol. The Bertz CT molecular complexity index is 717. The third kappa shape index (κ3) is 3.35. The van der Waals surface area contributed by atoms with Crippen LogP contribution in [0.25, 0.3) is 0 Å². The Balaban J connectivity index is 0.00000182. The Morgan fingerprint density at radius 2 is 1.88 bits per heavy atom. The van der Waals surface area contributed by atoms with Gasteiger partial charge in [0.2, 0.25) is 10.0 Å². The molecule has 4 rings (SSSR count). The summed E-state index contributed by atoms with van der Waals surface area (Å²) in [6.45, 7) is 2.85. The van der Waals surface area contributed by atoms with E-state index in [9.17, 15) is 13.2 Å². The van der Waals surface area contributed by atoms with Crippen LogP contribution in [0, 0.1) is 0 Å². The molecule has 2 bridgehead atoms. The monoisotopic (exact) mass is 405 g/mol. The van der Waals surface area contributed by atoms with Crippen molar-refractivity contribution < 1.29 is 13.2 Å². The van der Waals surface area contributed by atoms with Crippen molar-refractivity contribution in [2.75, 3.05) is 26.2 Å². The number of carbonyl (C=O) groups is 1. The van der Waals surface area contributed by atoms with Gasteiger partial charge in [-0.05, 0) is 50.1 Å². The fraction of sp³-hybridized carbons (Fsp3) is 0.688. The fourth-order valence-corrected chi connectivity index (χ4v) is 7.01. The molecule has 3 aliphatic heterocycles. The van der Waals surface area contributed by atoms with Gasteiger partial charge in [-0.1, -0.05) is 0 Å². The fourth-order valence-electron chi connectivity index (χ4n) is 4.16. The van der Waals surface area contributed by atoms with E-state index in [4.69, 9.17) is 0 Å². The third-order valence-electron chi connectivity index (χ3n) is 5.39. The Labute approximate surface area is 159 Å². The Morgan fingerprint density at radius 1 is 1.16 bits per heavy atom. The van der Waals surface area contributed by atoms with Gasteiger partial charge >= 0.3 is 0 Å². The number of hydrogen-bond acceptors (Lipinski definition) is 5. The second-order valence-corrected chi connectivity index (χ2v) is 9.64. The lowest BCUT2D eigenvalue weighted by Gasteiger charge is -2.28. The summed E-state index contributed by atoms with van der Waals surface area (Å²) in [7, 11) is -3.55. The molecule has 1 amide bonds. The van der Waals surface area contributed by atoms with Crippen LogP contribution < -0.4 is 5.32 Å². The highest BCUT2D eigenvalue weighted by Gasteiger charge is 2.41. The summed E-state index contributed by atoms with van der Waals surface area (Å²) in [5, 5.41) is 5.11. The van der Waals surface area contributed by atoms with Crippen LogP contribution in [0.1, 0.15) is 41.8 Å². The lowest BCUT2D eigenvalue weighted by atomic mass is 10.1. The van der Waals surface area contributed by atoms with E-state index in [1.54, 1.807) is 11.4 Å². The largest absolute Gasteiger partial charge is 0.331 e. The summed E-state index contributed by atoms with van der Waals surface area (Å²) in [6, 6.07) is 2.03. The van der Waals surface area contributed by atoms with E-state index < -0.39 is 10.0 Å². The number of nitrogens with zero attached hydrogens (tertiary/aromatic N) is 2. The number of fused-ring (bicyclic) bond motifs is 2. The van der Waals surface area contributed by atoms with Crippen molar-refractivity contribution in [1.29, 1.82) is 0 Å². The molecule has 25 heavy (non-hydrogen) atoms. The summed E-state index contributed by atoms with van der Waals surface area (Å²) in [4.78, 5) is 15.7. The summed E-state index contributed by atoms with van der Waals surface area (Å²) < 4.78 is 27.3. The van der Waals surface area contributed by atoms with E-state index in [2.05, 4.69) is 5.32 Å². The van der Waals surface area contributed by atoms with Crippen molar-refractivity contribution in [3.05, 3.63) is 16.3 Å². The molecule has 4 heterocycles. The van der Waals surface area contributed by atoms with Gasteiger partial charge in [-0.3, -0.25) is 4.79 Å². The first-order chi connectivity index (χ1) is 11.6. The SMILES string of the molecule is Cl.O=C(c1sccc1S(=O)(=O)N1CCCC1)N1C2CCNCC1CC2. The molecule has 140 valence electrons. The van der Waals surface area contributed by atoms with Gasteiger partial charge < -0.3 is 10.2 Å². The van der Waals surface area contributed by atoms with Gasteiger partial charge in [0.05, 0.1) is 0 Å². The minimum Gasteiger partial charge on any atom is -0.331 e. The first-order valence-corrected chi connectivity index (χ1v) is 11.0. The maximum absolute atomic E-state index is 13.2. The average Bonchev–Trinajstić information content (AvgIpc) is 3.26. The van der Waals surface area contributed by atoms with Crippen LogP contribution in [-0.2, 0) is 10.0 Å². The molecule has 0 aliphatic carbocycles. The lowest BCUT2D eigenvalue weighted by molar-refractivity contribution is 0.0681. The Morgan fingerprint density at radius 3 is 2.64 bits per heavy atom. The number of halogens is 1. The summed E-state index contributed by atoms with van der Waals surface area (Å²) in [5.41, 5.74) is 0. The predicted octanol–water partition coefficient (Wildman–Crippen LogP) is 1.92. The van der Waals surface area contributed by atoms with Crippen LogP contribution in [0.4, 0.5) is 0 Å². The van der Waals surface area contributed by atoms with Crippen molar-refractivity contribution in [3.63, 3.8) is 0 Å². The molecule has 9 heteroatoms. The number of thiophene rings is 1. The minimum absolute atomic E-state index is 0. The summed E-state index contributed by atoms with van der Waals surface area (Å²) in [6.07, 6.45) is 4.77. The van der Waals surface area contributed by atoms with Gasteiger partial charge in [0.15, 0.2) is 0 Å². The highest BCUT2D eigenvalue weighted by Crippen LogP contribution is 2.34.